The van der Waals surface area contributed by atoms with Crippen LogP contribution in [-0.2, 0) is 4.79 Å². The fraction of sp³-hybridized carbons (Fsp3) is 0.125. The number of benzene rings is 2. The number of nitrogens with one attached hydrogen (secondary N) is 4. The van der Waals surface area contributed by atoms with Crippen LogP contribution < -0.4 is 21.5 Å². The molecule has 0 unspecified atom stereocenters. The molecule has 2 aromatic carbocycles. The third kappa shape index (κ3) is 5.54. The number of hydrogen-bond acceptors (Lipinski definition) is 3. The number of hydrogen-bond donors (Lipinski definition) is 4. The molecule has 0 aliphatic carbocycles. The van der Waals surface area contributed by atoms with Gasteiger partial charge in [0.1, 0.15) is 0 Å². The molecule has 4 N–H and O–H groups in total. The van der Waals surface area contributed by atoms with Gasteiger partial charge in [0.15, 0.2) is 0 Å². The summed E-state index contributed by atoms with van der Waals surface area (Å²) in [7, 11) is 0. The van der Waals surface area contributed by atoms with E-state index in [1.807, 2.05) is 48.5 Å². The van der Waals surface area contributed by atoms with Gasteiger partial charge < -0.3 is 10.6 Å². The monoisotopic (exact) mass is 298 g/mol. The Morgan fingerprint density at radius 1 is 0.773 bits per heavy atom. The van der Waals surface area contributed by atoms with Gasteiger partial charge in [0, 0.05) is 24.3 Å². The summed E-state index contributed by atoms with van der Waals surface area (Å²) in [5.74, 6) is -0.272. The standard InChI is InChI=1S/C16H18N4O2/c21-15(11-12-17-13-7-3-1-4-8-13)19-20-16(22)18-14-9-5-2-6-10-14/h1-10,17H,11-12H2,(H,19,21)(H2,18,20,22). The van der Waals surface area contributed by atoms with Crippen molar-refractivity contribution in [2.45, 2.75) is 6.42 Å². The Labute approximate surface area is 128 Å². The zero-order valence-corrected chi connectivity index (χ0v) is 12.0. The van der Waals surface area contributed by atoms with Crippen LogP contribution in [0.15, 0.2) is 60.7 Å². The maximum Gasteiger partial charge on any atom is 0.337 e. The Morgan fingerprint density at radius 3 is 2.00 bits per heavy atom. The SMILES string of the molecule is O=C(CCNc1ccccc1)NNC(=O)Nc1ccccc1. The number of hydrazine groups is 1. The molecular weight excluding hydrogens is 280 g/mol. The number of amides is 3. The molecule has 6 nitrogen and oxygen atoms in total. The van der Waals surface area contributed by atoms with Crippen molar-refractivity contribution in [3.8, 4) is 0 Å². The van der Waals surface area contributed by atoms with Crippen molar-refractivity contribution in [3.63, 3.8) is 0 Å². The molecule has 0 radical (unpaired) electrons. The van der Waals surface area contributed by atoms with Crippen LogP contribution in [0.25, 0.3) is 0 Å². The second-order valence-electron chi connectivity index (χ2n) is 4.54. The molecule has 114 valence electrons. The van der Waals surface area contributed by atoms with Gasteiger partial charge in [-0.2, -0.15) is 0 Å². The lowest BCUT2D eigenvalue weighted by Gasteiger charge is -2.09. The summed E-state index contributed by atoms with van der Waals surface area (Å²) in [5, 5.41) is 5.71. The number of anilines is 2. The van der Waals surface area contributed by atoms with Crippen molar-refractivity contribution in [1.29, 1.82) is 0 Å². The van der Waals surface area contributed by atoms with E-state index in [9.17, 15) is 9.59 Å². The van der Waals surface area contributed by atoms with Crippen LogP contribution in [0.2, 0.25) is 0 Å². The first kappa shape index (κ1) is 15.4. The van der Waals surface area contributed by atoms with E-state index in [2.05, 4.69) is 21.5 Å². The number of para-hydroxylation sites is 2. The minimum Gasteiger partial charge on any atom is -0.385 e. The second-order valence-corrected chi connectivity index (χ2v) is 4.54. The van der Waals surface area contributed by atoms with E-state index < -0.39 is 6.03 Å². The maximum absolute atomic E-state index is 11.6. The van der Waals surface area contributed by atoms with Crippen LogP contribution >= 0.6 is 0 Å². The Kier molecular flexibility index (Phi) is 5.80. The molecule has 2 rings (SSSR count). The van der Waals surface area contributed by atoms with E-state index in [4.69, 9.17) is 0 Å². The minimum absolute atomic E-state index is 0.251. The third-order valence-electron chi connectivity index (χ3n) is 2.80. The lowest BCUT2D eigenvalue weighted by Crippen LogP contribution is -2.44. The van der Waals surface area contributed by atoms with Crippen LogP contribution in [0.5, 0.6) is 0 Å². The average molecular weight is 298 g/mol. The van der Waals surface area contributed by atoms with Gasteiger partial charge in [-0.15, -0.1) is 0 Å². The molecule has 0 aliphatic rings. The van der Waals surface area contributed by atoms with Gasteiger partial charge >= 0.3 is 6.03 Å². The van der Waals surface area contributed by atoms with Gasteiger partial charge in [-0.05, 0) is 24.3 Å². The van der Waals surface area contributed by atoms with Crippen LogP contribution in [0.1, 0.15) is 6.42 Å². The molecule has 6 heteroatoms. The first-order valence-corrected chi connectivity index (χ1v) is 6.94. The highest BCUT2D eigenvalue weighted by Gasteiger charge is 2.04. The second kappa shape index (κ2) is 8.31. The Balaban J connectivity index is 1.62. The van der Waals surface area contributed by atoms with Crippen LogP contribution in [0, 0.1) is 0 Å². The molecule has 0 aliphatic heterocycles. The van der Waals surface area contributed by atoms with Crippen molar-refractivity contribution in [2.24, 2.45) is 0 Å². The zero-order valence-electron chi connectivity index (χ0n) is 12.0. The molecule has 0 atom stereocenters. The van der Waals surface area contributed by atoms with Crippen LogP contribution in [-0.4, -0.2) is 18.5 Å². The molecule has 22 heavy (non-hydrogen) atoms. The van der Waals surface area contributed by atoms with Gasteiger partial charge in [-0.25, -0.2) is 10.2 Å². The van der Waals surface area contributed by atoms with Crippen LogP contribution in [0.3, 0.4) is 0 Å². The molecule has 3 amide bonds. The highest BCUT2D eigenvalue weighted by Crippen LogP contribution is 2.05. The number of carbonyl (C=O) groups excluding carboxylic acids is 2. The summed E-state index contributed by atoms with van der Waals surface area (Å²) < 4.78 is 0. The van der Waals surface area contributed by atoms with E-state index in [0.29, 0.717) is 12.2 Å². The maximum atomic E-state index is 11.6. The first-order chi connectivity index (χ1) is 10.7. The number of urea groups is 1. The molecular formula is C16H18N4O2. The number of rotatable bonds is 5. The molecule has 0 aromatic heterocycles. The lowest BCUT2D eigenvalue weighted by molar-refractivity contribution is -0.121. The Bertz CT molecular complexity index is 602. The highest BCUT2D eigenvalue weighted by molar-refractivity contribution is 5.90. The van der Waals surface area contributed by atoms with Gasteiger partial charge in [0.25, 0.3) is 0 Å². The fourth-order valence-electron chi connectivity index (χ4n) is 1.75. The smallest absolute Gasteiger partial charge is 0.337 e. The molecule has 0 spiro atoms. The predicted octanol–water partition coefficient (Wildman–Crippen LogP) is 2.34. The summed E-state index contributed by atoms with van der Waals surface area (Å²) in [6, 6.07) is 18.1. The molecule has 0 saturated carbocycles. The van der Waals surface area contributed by atoms with Crippen LogP contribution in [0.4, 0.5) is 16.2 Å². The minimum atomic E-state index is -0.490. The largest absolute Gasteiger partial charge is 0.385 e. The molecule has 2 aromatic rings. The lowest BCUT2D eigenvalue weighted by atomic mass is 10.3. The Hall–Kier alpha value is -3.02. The Morgan fingerprint density at radius 2 is 1.36 bits per heavy atom. The first-order valence-electron chi connectivity index (χ1n) is 6.94. The fourth-order valence-corrected chi connectivity index (χ4v) is 1.75. The van der Waals surface area contributed by atoms with Crippen molar-refractivity contribution in [3.05, 3.63) is 60.7 Å². The van der Waals surface area contributed by atoms with Gasteiger partial charge in [-0.3, -0.25) is 10.2 Å². The summed E-state index contributed by atoms with van der Waals surface area (Å²) in [6.07, 6.45) is 0.251. The summed E-state index contributed by atoms with van der Waals surface area (Å²) in [5.41, 5.74) is 6.25. The van der Waals surface area contributed by atoms with Crippen molar-refractivity contribution in [1.82, 2.24) is 10.9 Å². The quantitative estimate of drug-likeness (QED) is 0.639. The van der Waals surface area contributed by atoms with Gasteiger partial charge in [-0.1, -0.05) is 36.4 Å². The summed E-state index contributed by atoms with van der Waals surface area (Å²) >= 11 is 0. The normalized spacial score (nSPS) is 9.64. The average Bonchev–Trinajstić information content (AvgIpc) is 2.55. The highest BCUT2D eigenvalue weighted by atomic mass is 16.2. The molecule has 0 fully saturated rings. The summed E-state index contributed by atoms with van der Waals surface area (Å²) in [4.78, 5) is 23.2. The van der Waals surface area contributed by atoms with E-state index in [-0.39, 0.29) is 12.3 Å². The molecule has 0 heterocycles. The van der Waals surface area contributed by atoms with E-state index >= 15 is 0 Å². The van der Waals surface area contributed by atoms with Gasteiger partial charge in [0.2, 0.25) is 5.91 Å². The van der Waals surface area contributed by atoms with Crippen molar-refractivity contribution in [2.75, 3.05) is 17.2 Å². The van der Waals surface area contributed by atoms with Gasteiger partial charge in [0.05, 0.1) is 0 Å². The van der Waals surface area contributed by atoms with Crippen molar-refractivity contribution >= 4 is 23.3 Å². The summed E-state index contributed by atoms with van der Waals surface area (Å²) in [6.45, 7) is 0.484. The molecule has 0 bridgehead atoms. The number of carbonyl (C=O) groups is 2. The third-order valence-corrected chi connectivity index (χ3v) is 2.80. The predicted molar refractivity (Wildman–Crippen MR) is 86.3 cm³/mol. The van der Waals surface area contributed by atoms with E-state index in [1.165, 1.54) is 0 Å². The van der Waals surface area contributed by atoms with Crippen molar-refractivity contribution < 1.29 is 9.59 Å². The molecule has 0 saturated heterocycles. The van der Waals surface area contributed by atoms with E-state index in [0.717, 1.165) is 5.69 Å². The van der Waals surface area contributed by atoms with E-state index in [1.54, 1.807) is 12.1 Å². The topological polar surface area (TPSA) is 82.3 Å². The zero-order chi connectivity index (χ0) is 15.6.